The molecule has 364 valence electrons. The van der Waals surface area contributed by atoms with Gasteiger partial charge in [-0.3, -0.25) is 34.0 Å². The summed E-state index contributed by atoms with van der Waals surface area (Å²) in [5.41, 5.74) is 1.59. The van der Waals surface area contributed by atoms with Crippen molar-refractivity contribution in [2.45, 2.75) is 102 Å². The summed E-state index contributed by atoms with van der Waals surface area (Å²) < 4.78 is 53.9. The number of nitrogens with zero attached hydrogens (tertiary/aromatic N) is 11. The van der Waals surface area contributed by atoms with E-state index in [9.17, 15) is 32.3 Å². The number of piperazine rings is 1. The first-order chi connectivity index (χ1) is 32.5. The van der Waals surface area contributed by atoms with Gasteiger partial charge in [0, 0.05) is 102 Å². The highest BCUT2D eigenvalue weighted by atomic mass is 19.3. The molecule has 0 spiro atoms. The Morgan fingerprint density at radius 1 is 0.985 bits per heavy atom. The second-order valence-electron chi connectivity index (χ2n) is 19.5. The maximum Gasteiger partial charge on any atom is 0.407 e. The van der Waals surface area contributed by atoms with Gasteiger partial charge >= 0.3 is 6.09 Å². The molecule has 4 aliphatic rings. The molecule has 9 rings (SSSR count). The van der Waals surface area contributed by atoms with Crippen molar-refractivity contribution in [2.24, 2.45) is 7.05 Å². The highest BCUT2D eigenvalue weighted by Crippen LogP contribution is 2.34. The summed E-state index contributed by atoms with van der Waals surface area (Å²) in [7, 11) is 1.88. The van der Waals surface area contributed by atoms with Crippen molar-refractivity contribution >= 4 is 57.6 Å². The maximum atomic E-state index is 14.9. The van der Waals surface area contributed by atoms with E-state index < -0.39 is 47.9 Å². The van der Waals surface area contributed by atoms with Gasteiger partial charge in [-0.2, -0.15) is 15.3 Å². The molecular formula is C46H59F3N14O5. The van der Waals surface area contributed by atoms with Gasteiger partial charge in [0.1, 0.15) is 23.2 Å². The third-order valence-corrected chi connectivity index (χ3v) is 13.4. The van der Waals surface area contributed by atoms with Crippen LogP contribution in [-0.2, 0) is 21.4 Å². The summed E-state index contributed by atoms with van der Waals surface area (Å²) in [6.45, 7) is 13.7. The number of carbonyl (C=O) groups excluding carboxylic acids is 4. The lowest BCUT2D eigenvalue weighted by Gasteiger charge is -2.42. The number of fused-ring (bicyclic) bond motifs is 2. The van der Waals surface area contributed by atoms with Crippen molar-refractivity contribution in [3.8, 4) is 0 Å². The lowest BCUT2D eigenvalue weighted by molar-refractivity contribution is -0.134. The van der Waals surface area contributed by atoms with Crippen LogP contribution in [0.5, 0.6) is 0 Å². The van der Waals surface area contributed by atoms with Crippen LogP contribution in [0.15, 0.2) is 42.9 Å². The second kappa shape index (κ2) is 19.0. The number of nitrogens with one attached hydrogen (secondary N) is 3. The first-order valence-corrected chi connectivity index (χ1v) is 23.4. The Bertz CT molecular complexity index is 2690. The van der Waals surface area contributed by atoms with E-state index in [4.69, 9.17) is 9.84 Å². The van der Waals surface area contributed by atoms with Gasteiger partial charge in [-0.1, -0.05) is 0 Å². The van der Waals surface area contributed by atoms with Gasteiger partial charge in [-0.15, -0.1) is 0 Å². The number of likely N-dealkylation sites (tertiary alicyclic amines) is 1. The molecule has 4 aromatic heterocycles. The average molecular weight is 945 g/mol. The third kappa shape index (κ3) is 10.1. The SMILES string of the molecule is C[C@@H]1CN(CCN2CCC(n3cc(NC(=O)c4cnn5ccc(N6C[C@H](F)C[C@@H](NC(=O)OC(C)(C)C)C6)nc45)c(C(F)F)n3)CC2)CCN1c1ccc2c(C3CCC(=O)NC3=O)nn(C)c2c1. The summed E-state index contributed by atoms with van der Waals surface area (Å²) in [6.07, 6.45) is 1.76. The Kier molecular flexibility index (Phi) is 13.1. The van der Waals surface area contributed by atoms with Crippen LogP contribution in [0, 0.1) is 0 Å². The smallest absolute Gasteiger partial charge is 0.407 e. The summed E-state index contributed by atoms with van der Waals surface area (Å²) in [5.74, 6) is -1.33. The van der Waals surface area contributed by atoms with Gasteiger partial charge < -0.3 is 30.1 Å². The third-order valence-electron chi connectivity index (χ3n) is 13.4. The number of alkyl carbamates (subject to hydrolysis) is 1. The normalized spacial score (nSPS) is 22.6. The molecule has 19 nitrogen and oxygen atoms in total. The number of alkyl halides is 3. The van der Waals surface area contributed by atoms with Crippen LogP contribution in [0.4, 0.5) is 35.2 Å². The molecule has 1 aromatic carbocycles. The molecule has 4 aliphatic heterocycles. The molecule has 0 bridgehead atoms. The lowest BCUT2D eigenvalue weighted by Crippen LogP contribution is -2.53. The summed E-state index contributed by atoms with van der Waals surface area (Å²) in [6, 6.07) is 7.47. The number of carbonyl (C=O) groups is 4. The van der Waals surface area contributed by atoms with Crippen molar-refractivity contribution in [2.75, 3.05) is 74.0 Å². The number of aromatic nitrogens is 7. The fourth-order valence-corrected chi connectivity index (χ4v) is 10.0. The molecule has 4 fully saturated rings. The fraction of sp³-hybridized carbons (Fsp3) is 0.565. The van der Waals surface area contributed by atoms with Gasteiger partial charge in [0.05, 0.1) is 47.6 Å². The van der Waals surface area contributed by atoms with E-state index in [-0.39, 0.29) is 60.3 Å². The van der Waals surface area contributed by atoms with Gasteiger partial charge in [0.2, 0.25) is 11.8 Å². The molecule has 4 saturated heterocycles. The molecule has 0 radical (unpaired) electrons. The number of benzene rings is 1. The van der Waals surface area contributed by atoms with E-state index in [0.717, 1.165) is 62.4 Å². The Morgan fingerprint density at radius 3 is 2.50 bits per heavy atom. The second-order valence-corrected chi connectivity index (χ2v) is 19.5. The minimum atomic E-state index is -2.94. The number of rotatable bonds is 11. The molecule has 22 heteroatoms. The van der Waals surface area contributed by atoms with E-state index in [1.54, 1.807) is 42.6 Å². The number of imide groups is 1. The number of ether oxygens (including phenoxy) is 1. The highest BCUT2D eigenvalue weighted by molar-refractivity contribution is 6.08. The Hall–Kier alpha value is -6.29. The van der Waals surface area contributed by atoms with Crippen LogP contribution in [0.25, 0.3) is 16.6 Å². The highest BCUT2D eigenvalue weighted by Gasteiger charge is 2.34. The van der Waals surface area contributed by atoms with Gasteiger partial charge in [-0.25, -0.2) is 27.5 Å². The van der Waals surface area contributed by atoms with E-state index in [1.807, 2.05) is 17.8 Å². The summed E-state index contributed by atoms with van der Waals surface area (Å²) in [5, 5.41) is 21.9. The van der Waals surface area contributed by atoms with Crippen LogP contribution < -0.4 is 25.8 Å². The molecule has 1 unspecified atom stereocenters. The van der Waals surface area contributed by atoms with E-state index >= 15 is 0 Å². The van der Waals surface area contributed by atoms with Crippen molar-refractivity contribution < 1.29 is 37.1 Å². The number of amides is 4. The Morgan fingerprint density at radius 2 is 1.76 bits per heavy atom. The zero-order valence-electron chi connectivity index (χ0n) is 39.0. The molecular weight excluding hydrogens is 886 g/mol. The Balaban J connectivity index is 0.775. The number of hydrogen-bond acceptors (Lipinski definition) is 13. The largest absolute Gasteiger partial charge is 0.444 e. The molecule has 4 atom stereocenters. The predicted molar refractivity (Wildman–Crippen MR) is 247 cm³/mol. The number of hydrogen-bond donors (Lipinski definition) is 3. The molecule has 8 heterocycles. The zero-order valence-corrected chi connectivity index (χ0v) is 39.0. The van der Waals surface area contributed by atoms with Crippen molar-refractivity contribution in [1.82, 2.24) is 54.6 Å². The minimum absolute atomic E-state index is 0.0182. The lowest BCUT2D eigenvalue weighted by atomic mass is 9.92. The number of piperidine rings is 3. The van der Waals surface area contributed by atoms with Gasteiger partial charge in [0.15, 0.2) is 11.3 Å². The van der Waals surface area contributed by atoms with E-state index in [0.29, 0.717) is 37.2 Å². The van der Waals surface area contributed by atoms with Gasteiger partial charge in [-0.05, 0) is 71.2 Å². The monoisotopic (exact) mass is 944 g/mol. The summed E-state index contributed by atoms with van der Waals surface area (Å²) in [4.78, 5) is 64.1. The van der Waals surface area contributed by atoms with Gasteiger partial charge in [0.25, 0.3) is 12.3 Å². The molecule has 4 amide bonds. The topological polar surface area (TPSA) is 192 Å². The number of halogens is 3. The standard InChI is InChI=1S/C46H59F3N14O5/c1-27-23-59(18-19-61(27)31-6-7-32-36(21-31)57(5)55-39(32)33-8-9-38(64)54-43(33)65)17-16-58-13-10-30(11-14-58)63-26-35(40(56-63)41(48)49)52-44(66)34-22-50-62-15-12-37(53-42(34)62)60-24-28(47)20-29(25-60)51-45(67)68-46(2,3)4/h6-7,12,15,21-22,26-30,33,41H,8-11,13-14,16-20,23-25H2,1-5H3,(H,51,67)(H,52,66)(H,54,64,65)/t27-,28-,29-,33?/m1/s1. The minimum Gasteiger partial charge on any atom is -0.444 e. The van der Waals surface area contributed by atoms with Crippen LogP contribution in [-0.4, -0.2) is 151 Å². The molecule has 5 aromatic rings. The molecule has 68 heavy (non-hydrogen) atoms. The Labute approximate surface area is 391 Å². The van der Waals surface area contributed by atoms with Crippen LogP contribution in [0.1, 0.15) is 99.9 Å². The van der Waals surface area contributed by atoms with E-state index in [1.165, 1.54) is 16.9 Å². The fourth-order valence-electron chi connectivity index (χ4n) is 10.0. The molecule has 0 saturated carbocycles. The average Bonchev–Trinajstić information content (AvgIpc) is 4.00. The predicted octanol–water partition coefficient (Wildman–Crippen LogP) is 4.81. The molecule has 3 N–H and O–H groups in total. The number of anilines is 3. The van der Waals surface area contributed by atoms with Crippen LogP contribution in [0.3, 0.4) is 0 Å². The van der Waals surface area contributed by atoms with Crippen LogP contribution >= 0.6 is 0 Å². The van der Waals surface area contributed by atoms with Crippen LogP contribution in [0.2, 0.25) is 0 Å². The number of aryl methyl sites for hydroxylation is 1. The first kappa shape index (κ1) is 46.8. The maximum absolute atomic E-state index is 14.9. The first-order valence-electron chi connectivity index (χ1n) is 23.4. The quantitative estimate of drug-likeness (QED) is 0.153. The van der Waals surface area contributed by atoms with Crippen molar-refractivity contribution in [3.05, 3.63) is 59.8 Å². The van der Waals surface area contributed by atoms with E-state index in [2.05, 4.69) is 64.9 Å². The summed E-state index contributed by atoms with van der Waals surface area (Å²) >= 11 is 0. The van der Waals surface area contributed by atoms with Crippen molar-refractivity contribution in [1.29, 1.82) is 0 Å². The zero-order chi connectivity index (χ0) is 48.0. The molecule has 0 aliphatic carbocycles. The van der Waals surface area contributed by atoms with Crippen molar-refractivity contribution in [3.63, 3.8) is 0 Å².